The molecule has 1 N–H and O–H groups in total. The number of anilines is 1. The number of carbonyl (C=O) groups excluding carboxylic acids is 1. The maximum absolute atomic E-state index is 13.2. The number of hydrogen-bond donors (Lipinski definition) is 1. The second-order valence-electron chi connectivity index (χ2n) is 6.04. The monoisotopic (exact) mass is 393 g/mol. The Balaban J connectivity index is 1.88. The van der Waals surface area contributed by atoms with E-state index in [1.54, 1.807) is 37.4 Å². The molecule has 0 saturated heterocycles. The Morgan fingerprint density at radius 3 is 2.63 bits per heavy atom. The number of rotatable bonds is 4. The van der Waals surface area contributed by atoms with E-state index in [0.717, 1.165) is 12.1 Å². The van der Waals surface area contributed by atoms with Gasteiger partial charge in [-0.15, -0.1) is 0 Å². The second-order valence-corrected chi connectivity index (χ2v) is 6.48. The minimum atomic E-state index is -4.54. The fourth-order valence-electron chi connectivity index (χ4n) is 2.60. The van der Waals surface area contributed by atoms with Gasteiger partial charge in [-0.25, -0.2) is 4.98 Å². The first-order chi connectivity index (χ1) is 12.7. The SMILES string of the molecule is Cc1cn(-c2cc(NC(=O)Cc3cccc(Cl)c3)cc(C(F)(F)F)c2)cn1. The summed E-state index contributed by atoms with van der Waals surface area (Å²) >= 11 is 5.88. The van der Waals surface area contributed by atoms with Crippen LogP contribution in [0.5, 0.6) is 0 Å². The van der Waals surface area contributed by atoms with Gasteiger partial charge in [0.25, 0.3) is 0 Å². The lowest BCUT2D eigenvalue weighted by Gasteiger charge is -2.13. The molecule has 1 aromatic heterocycles. The van der Waals surface area contributed by atoms with Crippen LogP contribution in [0.25, 0.3) is 5.69 Å². The third-order valence-corrected chi connectivity index (χ3v) is 4.03. The van der Waals surface area contributed by atoms with Gasteiger partial charge in [0, 0.05) is 22.6 Å². The number of halogens is 4. The van der Waals surface area contributed by atoms with E-state index in [1.807, 2.05) is 0 Å². The molecule has 8 heteroatoms. The average molecular weight is 394 g/mol. The summed E-state index contributed by atoms with van der Waals surface area (Å²) in [5, 5.41) is 3.01. The van der Waals surface area contributed by atoms with Crippen molar-refractivity contribution in [1.29, 1.82) is 0 Å². The summed E-state index contributed by atoms with van der Waals surface area (Å²) in [5.74, 6) is -0.440. The van der Waals surface area contributed by atoms with Gasteiger partial charge in [0.15, 0.2) is 0 Å². The molecule has 0 unspecified atom stereocenters. The summed E-state index contributed by atoms with van der Waals surface area (Å²) in [5.41, 5.74) is 0.780. The molecule has 0 radical (unpaired) electrons. The molecule has 27 heavy (non-hydrogen) atoms. The normalized spacial score (nSPS) is 11.4. The maximum atomic E-state index is 13.2. The number of alkyl halides is 3. The number of nitrogens with one attached hydrogen (secondary N) is 1. The Kier molecular flexibility index (Phi) is 5.23. The molecule has 1 amide bonds. The zero-order valence-electron chi connectivity index (χ0n) is 14.2. The molecule has 3 aromatic rings. The molecule has 0 spiro atoms. The van der Waals surface area contributed by atoms with Gasteiger partial charge >= 0.3 is 6.18 Å². The second kappa shape index (κ2) is 7.44. The van der Waals surface area contributed by atoms with Crippen molar-refractivity contribution in [2.45, 2.75) is 19.5 Å². The molecule has 4 nitrogen and oxygen atoms in total. The van der Waals surface area contributed by atoms with Crippen LogP contribution in [0.2, 0.25) is 5.02 Å². The van der Waals surface area contributed by atoms with E-state index in [4.69, 9.17) is 11.6 Å². The third kappa shape index (κ3) is 4.89. The first-order valence-electron chi connectivity index (χ1n) is 7.98. The molecule has 0 aliphatic heterocycles. The third-order valence-electron chi connectivity index (χ3n) is 3.79. The Bertz CT molecular complexity index is 982. The van der Waals surface area contributed by atoms with Crippen molar-refractivity contribution in [2.24, 2.45) is 0 Å². The zero-order valence-corrected chi connectivity index (χ0v) is 15.0. The lowest BCUT2D eigenvalue weighted by atomic mass is 10.1. The molecule has 0 fully saturated rings. The van der Waals surface area contributed by atoms with Gasteiger partial charge in [0.1, 0.15) is 0 Å². The van der Waals surface area contributed by atoms with E-state index in [1.165, 1.54) is 17.0 Å². The topological polar surface area (TPSA) is 46.9 Å². The van der Waals surface area contributed by atoms with Gasteiger partial charge in [-0.05, 0) is 42.8 Å². The van der Waals surface area contributed by atoms with Crippen LogP contribution in [0.3, 0.4) is 0 Å². The number of aryl methyl sites for hydroxylation is 1. The minimum Gasteiger partial charge on any atom is -0.326 e. The molecule has 0 aliphatic rings. The average Bonchev–Trinajstić information content (AvgIpc) is 3.00. The van der Waals surface area contributed by atoms with E-state index in [2.05, 4.69) is 10.3 Å². The quantitative estimate of drug-likeness (QED) is 0.675. The van der Waals surface area contributed by atoms with Gasteiger partial charge in [-0.1, -0.05) is 23.7 Å². The summed E-state index contributed by atoms with van der Waals surface area (Å²) < 4.78 is 41.2. The number of carbonyl (C=O) groups is 1. The number of benzene rings is 2. The van der Waals surface area contributed by atoms with Crippen LogP contribution in [0.15, 0.2) is 55.0 Å². The number of nitrogens with zero attached hydrogens (tertiary/aromatic N) is 2. The summed E-state index contributed by atoms with van der Waals surface area (Å²) in [6.45, 7) is 1.73. The summed E-state index contributed by atoms with van der Waals surface area (Å²) in [6, 6.07) is 10.1. The highest BCUT2D eigenvalue weighted by Gasteiger charge is 2.31. The molecule has 140 valence electrons. The number of amides is 1. The van der Waals surface area contributed by atoms with Crippen molar-refractivity contribution in [3.05, 3.63) is 76.8 Å². The van der Waals surface area contributed by atoms with E-state index >= 15 is 0 Å². The van der Waals surface area contributed by atoms with Crippen molar-refractivity contribution in [3.8, 4) is 5.69 Å². The highest BCUT2D eigenvalue weighted by molar-refractivity contribution is 6.30. The number of hydrogen-bond acceptors (Lipinski definition) is 2. The lowest BCUT2D eigenvalue weighted by molar-refractivity contribution is -0.137. The molecule has 0 aliphatic carbocycles. The largest absolute Gasteiger partial charge is 0.416 e. The Morgan fingerprint density at radius 2 is 2.00 bits per heavy atom. The molecule has 3 rings (SSSR count). The molecular formula is C19H15ClF3N3O. The van der Waals surface area contributed by atoms with Crippen molar-refractivity contribution >= 4 is 23.2 Å². The summed E-state index contributed by atoms with van der Waals surface area (Å²) in [6.07, 6.45) is -1.52. The Morgan fingerprint density at radius 1 is 1.22 bits per heavy atom. The fourth-order valence-corrected chi connectivity index (χ4v) is 2.81. The van der Waals surface area contributed by atoms with Gasteiger partial charge in [0.05, 0.1) is 24.0 Å². The zero-order chi connectivity index (χ0) is 19.6. The first kappa shape index (κ1) is 19.0. The van der Waals surface area contributed by atoms with Gasteiger partial charge in [-0.3, -0.25) is 4.79 Å². The Hall–Kier alpha value is -2.80. The number of imidazole rings is 1. The van der Waals surface area contributed by atoms with Gasteiger partial charge < -0.3 is 9.88 Å². The molecular weight excluding hydrogens is 379 g/mol. The fraction of sp³-hybridized carbons (Fsp3) is 0.158. The van der Waals surface area contributed by atoms with Crippen LogP contribution in [0.4, 0.5) is 18.9 Å². The van der Waals surface area contributed by atoms with Crippen molar-refractivity contribution in [3.63, 3.8) is 0 Å². The predicted molar refractivity (Wildman–Crippen MR) is 97.1 cm³/mol. The molecule has 0 bridgehead atoms. The van der Waals surface area contributed by atoms with E-state index in [-0.39, 0.29) is 17.8 Å². The molecule has 2 aromatic carbocycles. The molecule has 0 atom stereocenters. The van der Waals surface area contributed by atoms with Crippen LogP contribution < -0.4 is 5.32 Å². The van der Waals surface area contributed by atoms with Crippen molar-refractivity contribution < 1.29 is 18.0 Å². The predicted octanol–water partition coefficient (Wildman–Crippen LogP) is 5.03. The highest BCUT2D eigenvalue weighted by atomic mass is 35.5. The standard InChI is InChI=1S/C19H15ClF3N3O/c1-12-10-26(11-24-12)17-8-14(19(21,22)23)7-16(9-17)25-18(27)6-13-3-2-4-15(20)5-13/h2-5,7-11H,6H2,1H3,(H,25,27). The van der Waals surface area contributed by atoms with Crippen LogP contribution in [-0.4, -0.2) is 15.5 Å². The summed E-state index contributed by atoms with van der Waals surface area (Å²) in [4.78, 5) is 16.3. The van der Waals surface area contributed by atoms with Crippen molar-refractivity contribution in [1.82, 2.24) is 9.55 Å². The minimum absolute atomic E-state index is 0.00365. The smallest absolute Gasteiger partial charge is 0.326 e. The van der Waals surface area contributed by atoms with Gasteiger partial charge in [-0.2, -0.15) is 13.2 Å². The molecule has 0 saturated carbocycles. The lowest BCUT2D eigenvalue weighted by Crippen LogP contribution is -2.16. The highest BCUT2D eigenvalue weighted by Crippen LogP contribution is 2.33. The van der Waals surface area contributed by atoms with E-state index in [9.17, 15) is 18.0 Å². The maximum Gasteiger partial charge on any atom is 0.416 e. The van der Waals surface area contributed by atoms with Crippen LogP contribution in [-0.2, 0) is 17.4 Å². The van der Waals surface area contributed by atoms with E-state index in [0.29, 0.717) is 16.3 Å². The van der Waals surface area contributed by atoms with E-state index < -0.39 is 17.6 Å². The molecule has 1 heterocycles. The first-order valence-corrected chi connectivity index (χ1v) is 8.36. The van der Waals surface area contributed by atoms with Crippen LogP contribution in [0.1, 0.15) is 16.8 Å². The van der Waals surface area contributed by atoms with Gasteiger partial charge in [0.2, 0.25) is 5.91 Å². The number of aromatic nitrogens is 2. The Labute approximate surface area is 158 Å². The van der Waals surface area contributed by atoms with Crippen LogP contribution in [0, 0.1) is 6.92 Å². The summed E-state index contributed by atoms with van der Waals surface area (Å²) in [7, 11) is 0. The van der Waals surface area contributed by atoms with Crippen LogP contribution >= 0.6 is 11.6 Å². The van der Waals surface area contributed by atoms with Crippen molar-refractivity contribution in [2.75, 3.05) is 5.32 Å².